The third-order valence-corrected chi connectivity index (χ3v) is 6.42. The largest absolute Gasteiger partial charge is 0.351 e. The van der Waals surface area contributed by atoms with Crippen LogP contribution in [0.5, 0.6) is 0 Å². The number of carbonyl (C=O) groups is 1. The lowest BCUT2D eigenvalue weighted by molar-refractivity contribution is -0.117. The van der Waals surface area contributed by atoms with E-state index in [2.05, 4.69) is 70.6 Å². The monoisotopic (exact) mass is 469 g/mol. The number of hydrogen-bond donors (Lipinski definition) is 1. The molecule has 1 amide bonds. The van der Waals surface area contributed by atoms with Gasteiger partial charge in [0.2, 0.25) is 0 Å². The number of amides is 1. The molecule has 4 aromatic carbocycles. The summed E-state index contributed by atoms with van der Waals surface area (Å²) in [7, 11) is 0. The molecule has 1 aromatic heterocycles. The minimum Gasteiger partial charge on any atom is -0.351 e. The van der Waals surface area contributed by atoms with Gasteiger partial charge in [-0.15, -0.1) is 0 Å². The molecule has 36 heavy (non-hydrogen) atoms. The van der Waals surface area contributed by atoms with Crippen LogP contribution >= 0.6 is 0 Å². The van der Waals surface area contributed by atoms with E-state index in [4.69, 9.17) is 0 Å². The van der Waals surface area contributed by atoms with Crippen LogP contribution in [-0.4, -0.2) is 17.0 Å². The third kappa shape index (κ3) is 5.21. The first kappa shape index (κ1) is 23.1. The van der Waals surface area contributed by atoms with Crippen LogP contribution in [0, 0.1) is 11.3 Å². The first-order chi connectivity index (χ1) is 17.7. The minimum absolute atomic E-state index is 0.114. The van der Waals surface area contributed by atoms with E-state index in [1.165, 1.54) is 21.9 Å². The molecule has 0 aliphatic rings. The second-order valence-electron chi connectivity index (χ2n) is 8.93. The number of nitriles is 1. The molecule has 0 bridgehead atoms. The van der Waals surface area contributed by atoms with Crippen LogP contribution in [0.25, 0.3) is 27.8 Å². The lowest BCUT2D eigenvalue weighted by atomic mass is 10.1. The highest BCUT2D eigenvalue weighted by atomic mass is 16.1. The van der Waals surface area contributed by atoms with Crippen LogP contribution in [0.2, 0.25) is 0 Å². The molecule has 0 saturated heterocycles. The molecule has 176 valence electrons. The standard InChI is InChI=1S/C32H27N3O/c33-21-28(32(36)34-18-8-11-24-9-2-1-3-10-24)20-29-23-35(31-15-7-6-14-30(29)31)22-25-16-17-26-12-4-5-13-27(26)19-25/h1-7,9-10,12-17,19-20,23H,8,11,18,22H2,(H,34,36)/b28-20-. The second kappa shape index (κ2) is 10.8. The Labute approximate surface area is 211 Å². The molecular formula is C32H27N3O. The fraction of sp³-hybridized carbons (Fsp3) is 0.125. The molecule has 0 aliphatic heterocycles. The van der Waals surface area contributed by atoms with Crippen LogP contribution in [0.1, 0.15) is 23.1 Å². The SMILES string of the molecule is N#C/C(=C/c1cn(Cc2ccc3ccccc3c2)c2ccccc12)C(=O)NCCCc1ccccc1. The number of fused-ring (bicyclic) bond motifs is 2. The summed E-state index contributed by atoms with van der Waals surface area (Å²) in [6, 6.07) is 35.2. The maximum Gasteiger partial charge on any atom is 0.261 e. The van der Waals surface area contributed by atoms with Gasteiger partial charge < -0.3 is 9.88 Å². The molecule has 0 spiro atoms. The second-order valence-corrected chi connectivity index (χ2v) is 8.93. The number of rotatable bonds is 8. The van der Waals surface area contributed by atoms with Gasteiger partial charge in [0.25, 0.3) is 5.91 Å². The number of aryl methyl sites for hydroxylation is 1. The van der Waals surface area contributed by atoms with Crippen molar-refractivity contribution in [3.63, 3.8) is 0 Å². The Morgan fingerprint density at radius 1 is 0.861 bits per heavy atom. The number of para-hydroxylation sites is 1. The number of carbonyl (C=O) groups excluding carboxylic acids is 1. The van der Waals surface area contributed by atoms with E-state index in [1.807, 2.05) is 48.7 Å². The Hall–Kier alpha value is -4.62. The van der Waals surface area contributed by atoms with Gasteiger partial charge >= 0.3 is 0 Å². The predicted octanol–water partition coefficient (Wildman–Crippen LogP) is 6.50. The van der Waals surface area contributed by atoms with Crippen molar-refractivity contribution in [1.82, 2.24) is 9.88 Å². The van der Waals surface area contributed by atoms with Gasteiger partial charge in [0.15, 0.2) is 0 Å². The van der Waals surface area contributed by atoms with Gasteiger partial charge in [-0.1, -0.05) is 84.9 Å². The number of nitrogens with zero attached hydrogens (tertiary/aromatic N) is 2. The summed E-state index contributed by atoms with van der Waals surface area (Å²) >= 11 is 0. The molecule has 0 radical (unpaired) electrons. The predicted molar refractivity (Wildman–Crippen MR) is 146 cm³/mol. The number of nitrogens with one attached hydrogen (secondary N) is 1. The van der Waals surface area contributed by atoms with Crippen molar-refractivity contribution in [1.29, 1.82) is 5.26 Å². The maximum atomic E-state index is 12.7. The average Bonchev–Trinajstić information content (AvgIpc) is 3.27. The molecule has 1 N–H and O–H groups in total. The van der Waals surface area contributed by atoms with Crippen LogP contribution in [0.15, 0.2) is 109 Å². The minimum atomic E-state index is -0.336. The van der Waals surface area contributed by atoms with Gasteiger partial charge in [0.05, 0.1) is 0 Å². The molecule has 4 heteroatoms. The van der Waals surface area contributed by atoms with E-state index in [1.54, 1.807) is 6.08 Å². The smallest absolute Gasteiger partial charge is 0.261 e. The summed E-state index contributed by atoms with van der Waals surface area (Å²) in [4.78, 5) is 12.7. The molecular weight excluding hydrogens is 442 g/mol. The number of benzene rings is 4. The Morgan fingerprint density at radius 2 is 1.61 bits per heavy atom. The summed E-state index contributed by atoms with van der Waals surface area (Å²) in [5, 5.41) is 16.1. The third-order valence-electron chi connectivity index (χ3n) is 6.42. The summed E-state index contributed by atoms with van der Waals surface area (Å²) in [5.41, 5.74) is 4.48. The van der Waals surface area contributed by atoms with Crippen molar-refractivity contribution in [2.24, 2.45) is 0 Å². The topological polar surface area (TPSA) is 57.8 Å². The van der Waals surface area contributed by atoms with Gasteiger partial charge in [-0.2, -0.15) is 5.26 Å². The van der Waals surface area contributed by atoms with E-state index < -0.39 is 0 Å². The Kier molecular flexibility index (Phi) is 6.91. The zero-order valence-corrected chi connectivity index (χ0v) is 20.0. The summed E-state index contributed by atoms with van der Waals surface area (Å²) < 4.78 is 2.18. The van der Waals surface area contributed by atoms with E-state index in [0.717, 1.165) is 29.3 Å². The van der Waals surface area contributed by atoms with Crippen LogP contribution < -0.4 is 5.32 Å². The van der Waals surface area contributed by atoms with Crippen molar-refractivity contribution in [3.05, 3.63) is 126 Å². The molecule has 0 saturated carbocycles. The van der Waals surface area contributed by atoms with Gasteiger partial charge in [0, 0.05) is 35.8 Å². The summed E-state index contributed by atoms with van der Waals surface area (Å²) in [6.45, 7) is 1.23. The Morgan fingerprint density at radius 3 is 2.44 bits per heavy atom. The zero-order chi connectivity index (χ0) is 24.7. The molecule has 5 aromatic rings. The lowest BCUT2D eigenvalue weighted by Crippen LogP contribution is -2.25. The van der Waals surface area contributed by atoms with Crippen LogP contribution in [0.4, 0.5) is 0 Å². The highest BCUT2D eigenvalue weighted by Crippen LogP contribution is 2.25. The van der Waals surface area contributed by atoms with Crippen molar-refractivity contribution >= 4 is 33.7 Å². The normalized spacial score (nSPS) is 11.5. The van der Waals surface area contributed by atoms with Crippen LogP contribution in [0.3, 0.4) is 0 Å². The number of hydrogen-bond acceptors (Lipinski definition) is 2. The van der Waals surface area contributed by atoms with Gasteiger partial charge in [-0.3, -0.25) is 4.79 Å². The fourth-order valence-corrected chi connectivity index (χ4v) is 4.59. The Bertz CT molecular complexity index is 1590. The van der Waals surface area contributed by atoms with Crippen molar-refractivity contribution in [2.45, 2.75) is 19.4 Å². The molecule has 1 heterocycles. The molecule has 5 rings (SSSR count). The zero-order valence-electron chi connectivity index (χ0n) is 20.0. The van der Waals surface area contributed by atoms with E-state index in [-0.39, 0.29) is 11.5 Å². The molecule has 0 atom stereocenters. The van der Waals surface area contributed by atoms with Crippen molar-refractivity contribution in [2.75, 3.05) is 6.54 Å². The fourth-order valence-electron chi connectivity index (χ4n) is 4.59. The number of aromatic nitrogens is 1. The summed E-state index contributed by atoms with van der Waals surface area (Å²) in [6.07, 6.45) is 5.43. The lowest BCUT2D eigenvalue weighted by Gasteiger charge is -2.07. The highest BCUT2D eigenvalue weighted by molar-refractivity contribution is 6.04. The molecule has 4 nitrogen and oxygen atoms in total. The quantitative estimate of drug-likeness (QED) is 0.160. The van der Waals surface area contributed by atoms with Gasteiger partial charge in [-0.05, 0) is 52.9 Å². The summed E-state index contributed by atoms with van der Waals surface area (Å²) in [5.74, 6) is -0.336. The first-order valence-electron chi connectivity index (χ1n) is 12.2. The van der Waals surface area contributed by atoms with Crippen molar-refractivity contribution in [3.8, 4) is 6.07 Å². The van der Waals surface area contributed by atoms with E-state index in [0.29, 0.717) is 13.1 Å². The van der Waals surface area contributed by atoms with Crippen LogP contribution in [-0.2, 0) is 17.8 Å². The molecule has 0 fully saturated rings. The highest BCUT2D eigenvalue weighted by Gasteiger charge is 2.12. The maximum absolute atomic E-state index is 12.7. The Balaban J connectivity index is 1.34. The average molecular weight is 470 g/mol. The van der Waals surface area contributed by atoms with Gasteiger partial charge in [0.1, 0.15) is 11.6 Å². The van der Waals surface area contributed by atoms with E-state index in [9.17, 15) is 10.1 Å². The van der Waals surface area contributed by atoms with Crippen molar-refractivity contribution < 1.29 is 4.79 Å². The first-order valence-corrected chi connectivity index (χ1v) is 12.2. The van der Waals surface area contributed by atoms with E-state index >= 15 is 0 Å². The van der Waals surface area contributed by atoms with Gasteiger partial charge in [-0.25, -0.2) is 0 Å². The molecule has 0 aliphatic carbocycles. The molecule has 0 unspecified atom stereocenters.